The van der Waals surface area contributed by atoms with Gasteiger partial charge in [-0.15, -0.1) is 0 Å². The highest BCUT2D eigenvalue weighted by Gasteiger charge is 2.35. The molecular weight excluding hydrogens is 454 g/mol. The number of hydrogen-bond acceptors (Lipinski definition) is 4. The summed E-state index contributed by atoms with van der Waals surface area (Å²) in [4.78, 5) is 22.7. The summed E-state index contributed by atoms with van der Waals surface area (Å²) in [7, 11) is -3.18. The van der Waals surface area contributed by atoms with Gasteiger partial charge < -0.3 is 10.0 Å². The molecule has 1 aromatic heterocycles. The summed E-state index contributed by atoms with van der Waals surface area (Å²) in [6.45, 7) is 15.2. The first-order valence-electron chi connectivity index (χ1n) is 13.3. The fraction of sp³-hybridized carbons (Fsp3) is 0.593. The van der Waals surface area contributed by atoms with E-state index in [4.69, 9.17) is 0 Å². The van der Waals surface area contributed by atoms with Gasteiger partial charge in [0.25, 0.3) is 0 Å². The maximum atomic E-state index is 11.4. The van der Waals surface area contributed by atoms with Crippen molar-refractivity contribution in [1.29, 1.82) is 0 Å². The summed E-state index contributed by atoms with van der Waals surface area (Å²) in [5.74, 6) is 0.290. The summed E-state index contributed by atoms with van der Waals surface area (Å²) in [6.07, 6.45) is 5.38. The molecule has 0 radical (unpaired) electrons. The van der Waals surface area contributed by atoms with Crippen molar-refractivity contribution in [2.45, 2.75) is 90.6 Å². The lowest BCUT2D eigenvalue weighted by molar-refractivity contribution is 0.0696. The fourth-order valence-corrected chi connectivity index (χ4v) is 13.0. The minimum Gasteiger partial charge on any atom is -0.478 e. The molecule has 1 N–H and O–H groups in total. The lowest BCUT2D eigenvalue weighted by atomic mass is 10.2. The van der Waals surface area contributed by atoms with Crippen LogP contribution in [0.3, 0.4) is 0 Å². The Morgan fingerprint density at radius 3 is 1.65 bits per heavy atom. The Balaban J connectivity index is 2.22. The number of carboxylic acids is 1. The molecule has 0 spiro atoms. The van der Waals surface area contributed by atoms with Crippen molar-refractivity contribution in [3.05, 3.63) is 36.2 Å². The van der Waals surface area contributed by atoms with Crippen molar-refractivity contribution >= 4 is 44.1 Å². The average Bonchev–Trinajstić information content (AvgIpc) is 3.70. The zero-order valence-electron chi connectivity index (χ0n) is 22.0. The molecule has 0 aliphatic heterocycles. The summed E-state index contributed by atoms with van der Waals surface area (Å²) in [5.41, 5.74) is 1.34. The molecule has 1 aliphatic rings. The van der Waals surface area contributed by atoms with E-state index in [1.54, 1.807) is 10.4 Å². The van der Waals surface area contributed by atoms with Gasteiger partial charge in [-0.3, -0.25) is 0 Å². The fourth-order valence-electron chi connectivity index (χ4n) is 5.54. The van der Waals surface area contributed by atoms with E-state index in [1.807, 2.05) is 0 Å². The van der Waals surface area contributed by atoms with E-state index in [1.165, 1.54) is 67.2 Å². The first-order chi connectivity index (χ1) is 16.3. The Morgan fingerprint density at radius 1 is 0.853 bits per heavy atom. The first-order valence-corrected chi connectivity index (χ1v) is 18.5. The van der Waals surface area contributed by atoms with Gasteiger partial charge in [-0.2, -0.15) is 0 Å². The van der Waals surface area contributed by atoms with Crippen molar-refractivity contribution in [3.8, 4) is 0 Å². The molecule has 0 saturated heterocycles. The van der Waals surface area contributed by atoms with Crippen LogP contribution >= 0.6 is 0 Å². The first kappa shape index (κ1) is 26.6. The van der Waals surface area contributed by atoms with Crippen LogP contribution in [0.25, 0.3) is 0 Å². The molecule has 0 atom stereocenters. The second-order valence-electron chi connectivity index (χ2n) is 10.1. The largest absolute Gasteiger partial charge is 0.478 e. The zero-order valence-corrected chi connectivity index (χ0v) is 24.0. The number of aromatic carboxylic acids is 1. The van der Waals surface area contributed by atoms with Crippen LogP contribution in [0.5, 0.6) is 0 Å². The van der Waals surface area contributed by atoms with Gasteiger partial charge in [0.2, 0.25) is 5.95 Å². The third-order valence-corrected chi connectivity index (χ3v) is 19.9. The highest BCUT2D eigenvalue weighted by molar-refractivity contribution is 6.94. The number of hydrogen-bond donors (Lipinski definition) is 1. The van der Waals surface area contributed by atoms with Crippen LogP contribution in [-0.2, 0) is 0 Å². The molecule has 34 heavy (non-hydrogen) atoms. The quantitative estimate of drug-likeness (QED) is 0.336. The molecular formula is C27H43N3O2Si2. The normalized spacial score (nSPS) is 14.3. The number of rotatable bonds is 13. The van der Waals surface area contributed by atoms with E-state index in [2.05, 4.69) is 74.6 Å². The van der Waals surface area contributed by atoms with Crippen LogP contribution in [0.4, 0.5) is 11.6 Å². The third-order valence-electron chi connectivity index (χ3n) is 8.78. The number of aromatic nitrogens is 2. The van der Waals surface area contributed by atoms with Gasteiger partial charge >= 0.3 is 5.97 Å². The molecule has 0 unspecified atom stereocenters. The standard InChI is InChI=1S/C27H43N3O2Si2/c1-7-33(8-2,9-3)24-15-23(16-25(17-24)34(10-4,11-5)12-6)30(20-21-13-14-21)27-28-18-22(19-29-27)26(31)32/h15-19,21H,7-14,20H2,1-6H3,(H,31,32). The molecule has 186 valence electrons. The Hall–Kier alpha value is -2.00. The second-order valence-corrected chi connectivity index (χ2v) is 20.6. The van der Waals surface area contributed by atoms with E-state index in [0.717, 1.165) is 6.54 Å². The smallest absolute Gasteiger partial charge is 0.338 e. The predicted octanol–water partition coefficient (Wildman–Crippen LogP) is 6.15. The lowest BCUT2D eigenvalue weighted by Crippen LogP contribution is -2.52. The summed E-state index contributed by atoms with van der Waals surface area (Å²) >= 11 is 0. The Bertz CT molecular complexity index is 914. The van der Waals surface area contributed by atoms with E-state index in [0.29, 0.717) is 11.9 Å². The summed E-state index contributed by atoms with van der Waals surface area (Å²) in [5, 5.41) is 12.5. The molecule has 1 fully saturated rings. The predicted molar refractivity (Wildman–Crippen MR) is 149 cm³/mol. The lowest BCUT2D eigenvalue weighted by Gasteiger charge is -2.35. The van der Waals surface area contributed by atoms with E-state index in [-0.39, 0.29) is 5.56 Å². The van der Waals surface area contributed by atoms with Gasteiger partial charge in [-0.25, -0.2) is 14.8 Å². The van der Waals surface area contributed by atoms with Gasteiger partial charge in [0.05, 0.1) is 21.7 Å². The molecule has 0 amide bonds. The van der Waals surface area contributed by atoms with Crippen LogP contribution in [0.1, 0.15) is 64.7 Å². The van der Waals surface area contributed by atoms with Gasteiger partial charge in [0, 0.05) is 24.6 Å². The Labute approximate surface area is 208 Å². The molecule has 5 nitrogen and oxygen atoms in total. The maximum absolute atomic E-state index is 11.4. The number of nitrogens with zero attached hydrogens (tertiary/aromatic N) is 3. The van der Waals surface area contributed by atoms with Crippen LogP contribution in [0.2, 0.25) is 36.3 Å². The van der Waals surface area contributed by atoms with Crippen LogP contribution < -0.4 is 15.3 Å². The number of benzene rings is 1. The van der Waals surface area contributed by atoms with Gasteiger partial charge in [0.15, 0.2) is 0 Å². The van der Waals surface area contributed by atoms with Crippen molar-refractivity contribution < 1.29 is 9.90 Å². The number of carboxylic acid groups (broad SMARTS) is 1. The van der Waals surface area contributed by atoms with Gasteiger partial charge in [-0.1, -0.05) is 94.2 Å². The summed E-state index contributed by atoms with van der Waals surface area (Å²) in [6, 6.07) is 15.1. The van der Waals surface area contributed by atoms with E-state index >= 15 is 0 Å². The minimum absolute atomic E-state index is 0.133. The molecule has 1 aromatic carbocycles. The second kappa shape index (κ2) is 11.2. The molecule has 7 heteroatoms. The van der Waals surface area contributed by atoms with E-state index < -0.39 is 22.1 Å². The van der Waals surface area contributed by atoms with E-state index in [9.17, 15) is 9.90 Å². The minimum atomic E-state index is -1.59. The SMILES string of the molecule is CC[Si](CC)(CC)c1cc(N(CC2CC2)c2ncc(C(=O)O)cn2)cc([Si](CC)(CC)CC)c1. The van der Waals surface area contributed by atoms with Crippen molar-refractivity contribution in [2.24, 2.45) is 5.92 Å². The van der Waals surface area contributed by atoms with Crippen molar-refractivity contribution in [2.75, 3.05) is 11.4 Å². The molecule has 3 rings (SSSR count). The average molecular weight is 498 g/mol. The van der Waals surface area contributed by atoms with Crippen molar-refractivity contribution in [3.63, 3.8) is 0 Å². The third kappa shape index (κ3) is 5.30. The van der Waals surface area contributed by atoms with Gasteiger partial charge in [0.1, 0.15) is 0 Å². The zero-order chi connectivity index (χ0) is 24.9. The molecule has 2 aromatic rings. The van der Waals surface area contributed by atoms with Gasteiger partial charge in [-0.05, 0) is 30.9 Å². The molecule has 0 bridgehead atoms. The summed E-state index contributed by atoms with van der Waals surface area (Å²) < 4.78 is 0. The molecule has 1 heterocycles. The van der Waals surface area contributed by atoms with Crippen LogP contribution in [-0.4, -0.2) is 43.7 Å². The topological polar surface area (TPSA) is 66.3 Å². The number of carbonyl (C=O) groups is 1. The monoisotopic (exact) mass is 497 g/mol. The van der Waals surface area contributed by atoms with Crippen molar-refractivity contribution in [1.82, 2.24) is 9.97 Å². The highest BCUT2D eigenvalue weighted by Crippen LogP contribution is 2.35. The number of anilines is 2. The highest BCUT2D eigenvalue weighted by atomic mass is 28.3. The Kier molecular flexibility index (Phi) is 8.73. The molecule has 1 aliphatic carbocycles. The van der Waals surface area contributed by atoms with Crippen LogP contribution in [0, 0.1) is 5.92 Å². The van der Waals surface area contributed by atoms with Crippen LogP contribution in [0.15, 0.2) is 30.6 Å². The molecule has 1 saturated carbocycles. The maximum Gasteiger partial charge on any atom is 0.338 e. The Morgan fingerprint density at radius 2 is 1.29 bits per heavy atom.